The van der Waals surface area contributed by atoms with Gasteiger partial charge in [-0.15, -0.1) is 0 Å². The van der Waals surface area contributed by atoms with Crippen LogP contribution < -0.4 is 11.1 Å². The lowest BCUT2D eigenvalue weighted by atomic mass is 9.91. The van der Waals surface area contributed by atoms with Gasteiger partial charge in [-0.05, 0) is 63.1 Å². The summed E-state index contributed by atoms with van der Waals surface area (Å²) in [5.41, 5.74) is 9.87. The summed E-state index contributed by atoms with van der Waals surface area (Å²) in [6, 6.07) is 0. The Bertz CT molecular complexity index is 559. The number of aromatic nitrogens is 2. The molecule has 0 unspecified atom stereocenters. The number of nitrogens with two attached hydrogens (primary N) is 1. The minimum atomic E-state index is 0.700. The Kier molecular flexibility index (Phi) is 5.65. The van der Waals surface area contributed by atoms with Crippen LogP contribution in [0.5, 0.6) is 0 Å². The van der Waals surface area contributed by atoms with E-state index in [2.05, 4.69) is 23.3 Å². The molecule has 23 heavy (non-hydrogen) atoms. The van der Waals surface area contributed by atoms with E-state index >= 15 is 0 Å². The summed E-state index contributed by atoms with van der Waals surface area (Å²) in [7, 11) is 0. The smallest absolute Gasteiger partial charge is 0.131 e. The topological polar surface area (TPSA) is 63.8 Å². The average Bonchev–Trinajstić information content (AvgIpc) is 2.98. The van der Waals surface area contributed by atoms with Crippen molar-refractivity contribution in [2.75, 3.05) is 18.8 Å². The molecule has 0 atom stereocenters. The number of hydrogen-bond acceptors (Lipinski definition) is 4. The van der Waals surface area contributed by atoms with Gasteiger partial charge in [-0.2, -0.15) is 0 Å². The third-order valence-electron chi connectivity index (χ3n) is 5.21. The molecule has 0 spiro atoms. The quantitative estimate of drug-likeness (QED) is 0.808. The Morgan fingerprint density at radius 3 is 2.78 bits per heavy atom. The number of unbranched alkanes of at least 4 members (excludes halogenated alkanes) is 1. The molecule has 2 aliphatic rings. The van der Waals surface area contributed by atoms with Gasteiger partial charge in [0.25, 0.3) is 0 Å². The van der Waals surface area contributed by atoms with Gasteiger partial charge in [0, 0.05) is 12.0 Å². The minimum absolute atomic E-state index is 0.700. The van der Waals surface area contributed by atoms with Gasteiger partial charge in [0.2, 0.25) is 0 Å². The Labute approximate surface area is 140 Å². The van der Waals surface area contributed by atoms with E-state index in [4.69, 9.17) is 10.7 Å². The fourth-order valence-electron chi connectivity index (χ4n) is 3.76. The SMILES string of the molecule is CCCCc1nc(N)c2c(n1)C(CCCC1CCNCC1)=CC2. The van der Waals surface area contributed by atoms with E-state index in [-0.39, 0.29) is 0 Å². The van der Waals surface area contributed by atoms with Gasteiger partial charge >= 0.3 is 0 Å². The summed E-state index contributed by atoms with van der Waals surface area (Å²) in [6.45, 7) is 4.59. The van der Waals surface area contributed by atoms with Gasteiger partial charge in [-0.1, -0.05) is 25.8 Å². The maximum Gasteiger partial charge on any atom is 0.131 e. The van der Waals surface area contributed by atoms with Gasteiger partial charge in [0.1, 0.15) is 11.6 Å². The average molecular weight is 314 g/mol. The van der Waals surface area contributed by atoms with E-state index in [0.717, 1.165) is 48.7 Å². The second-order valence-corrected chi connectivity index (χ2v) is 6.97. The van der Waals surface area contributed by atoms with Crippen LogP contribution in [-0.4, -0.2) is 23.1 Å². The molecule has 0 amide bonds. The molecule has 1 aromatic rings. The molecule has 126 valence electrons. The number of rotatable bonds is 7. The van der Waals surface area contributed by atoms with E-state index < -0.39 is 0 Å². The van der Waals surface area contributed by atoms with Gasteiger partial charge < -0.3 is 11.1 Å². The second-order valence-electron chi connectivity index (χ2n) is 6.97. The predicted octanol–water partition coefficient (Wildman–Crippen LogP) is 3.51. The fraction of sp³-hybridized carbons (Fsp3) is 0.684. The first kappa shape index (κ1) is 16.4. The number of nitrogens with zero attached hydrogens (tertiary/aromatic N) is 2. The number of fused-ring (bicyclic) bond motifs is 1. The molecule has 2 heterocycles. The zero-order valence-electron chi connectivity index (χ0n) is 14.4. The number of piperidine rings is 1. The summed E-state index contributed by atoms with van der Waals surface area (Å²) in [6.07, 6.45) is 12.9. The molecular weight excluding hydrogens is 284 g/mol. The highest BCUT2D eigenvalue weighted by molar-refractivity contribution is 5.73. The molecule has 3 rings (SSSR count). The van der Waals surface area contributed by atoms with Crippen LogP contribution in [0.25, 0.3) is 5.57 Å². The summed E-state index contributed by atoms with van der Waals surface area (Å²) < 4.78 is 0. The van der Waals surface area contributed by atoms with Crippen LogP contribution in [0.2, 0.25) is 0 Å². The first-order valence-electron chi connectivity index (χ1n) is 9.33. The maximum absolute atomic E-state index is 6.16. The highest BCUT2D eigenvalue weighted by Gasteiger charge is 2.21. The van der Waals surface area contributed by atoms with E-state index in [1.807, 2.05) is 0 Å². The number of aryl methyl sites for hydroxylation is 1. The lowest BCUT2D eigenvalue weighted by molar-refractivity contribution is 0.348. The second kappa shape index (κ2) is 7.91. The van der Waals surface area contributed by atoms with E-state index in [0.29, 0.717) is 5.82 Å². The Hall–Kier alpha value is -1.42. The third-order valence-corrected chi connectivity index (χ3v) is 5.21. The number of allylic oxidation sites excluding steroid dienone is 2. The van der Waals surface area contributed by atoms with Crippen LogP contribution in [-0.2, 0) is 12.8 Å². The highest BCUT2D eigenvalue weighted by Crippen LogP contribution is 2.33. The molecule has 3 N–H and O–H groups in total. The van der Waals surface area contributed by atoms with E-state index in [9.17, 15) is 0 Å². The molecule has 1 aliphatic heterocycles. The molecule has 0 saturated carbocycles. The van der Waals surface area contributed by atoms with Crippen LogP contribution in [0.4, 0.5) is 5.82 Å². The van der Waals surface area contributed by atoms with Gasteiger partial charge in [0.05, 0.1) is 5.69 Å². The standard InChI is InChI=1S/C19H30N4/c1-2-3-7-17-22-18-15(8-9-16(18)19(20)23-17)6-4-5-14-10-12-21-13-11-14/h8,14,21H,2-7,9-13H2,1H3,(H2,20,22,23). The van der Waals surface area contributed by atoms with Crippen molar-refractivity contribution in [1.82, 2.24) is 15.3 Å². The maximum atomic E-state index is 6.16. The van der Waals surface area contributed by atoms with Crippen LogP contribution >= 0.6 is 0 Å². The fourth-order valence-corrected chi connectivity index (χ4v) is 3.76. The molecule has 0 aromatic carbocycles. The molecule has 4 nitrogen and oxygen atoms in total. The van der Waals surface area contributed by atoms with Crippen LogP contribution in [0.1, 0.15) is 69.0 Å². The number of nitrogens with one attached hydrogen (secondary N) is 1. The molecule has 0 radical (unpaired) electrons. The zero-order valence-corrected chi connectivity index (χ0v) is 14.4. The molecular formula is C19H30N4. The van der Waals surface area contributed by atoms with Gasteiger partial charge in [-0.3, -0.25) is 0 Å². The lowest BCUT2D eigenvalue weighted by Crippen LogP contribution is -2.27. The minimum Gasteiger partial charge on any atom is -0.383 e. The Morgan fingerprint density at radius 1 is 1.17 bits per heavy atom. The Balaban J connectivity index is 1.59. The predicted molar refractivity (Wildman–Crippen MR) is 96.2 cm³/mol. The van der Waals surface area contributed by atoms with E-state index in [1.54, 1.807) is 0 Å². The number of nitrogen functional groups attached to an aromatic ring is 1. The van der Waals surface area contributed by atoms with Crippen LogP contribution in [0, 0.1) is 5.92 Å². The van der Waals surface area contributed by atoms with Crippen molar-refractivity contribution in [3.05, 3.63) is 23.2 Å². The molecule has 1 aliphatic carbocycles. The van der Waals surface area contributed by atoms with Crippen LogP contribution in [0.3, 0.4) is 0 Å². The number of hydrogen-bond donors (Lipinski definition) is 2. The van der Waals surface area contributed by atoms with Crippen molar-refractivity contribution in [1.29, 1.82) is 0 Å². The lowest BCUT2D eigenvalue weighted by Gasteiger charge is -2.22. The summed E-state index contributed by atoms with van der Waals surface area (Å²) in [4.78, 5) is 9.33. The number of anilines is 1. The molecule has 1 aromatic heterocycles. The first-order valence-corrected chi connectivity index (χ1v) is 9.33. The van der Waals surface area contributed by atoms with Crippen LogP contribution in [0.15, 0.2) is 6.08 Å². The van der Waals surface area contributed by atoms with Crippen molar-refractivity contribution in [3.8, 4) is 0 Å². The summed E-state index contributed by atoms with van der Waals surface area (Å²) in [5.74, 6) is 2.54. The molecule has 0 bridgehead atoms. The first-order chi connectivity index (χ1) is 11.3. The summed E-state index contributed by atoms with van der Waals surface area (Å²) in [5, 5.41) is 3.45. The van der Waals surface area contributed by atoms with Crippen molar-refractivity contribution in [3.63, 3.8) is 0 Å². The van der Waals surface area contributed by atoms with Crippen molar-refractivity contribution in [2.24, 2.45) is 5.92 Å². The molecule has 4 heteroatoms. The van der Waals surface area contributed by atoms with Crippen molar-refractivity contribution >= 4 is 11.4 Å². The van der Waals surface area contributed by atoms with Gasteiger partial charge in [0.15, 0.2) is 0 Å². The van der Waals surface area contributed by atoms with Crippen molar-refractivity contribution in [2.45, 2.75) is 64.7 Å². The van der Waals surface area contributed by atoms with E-state index in [1.165, 1.54) is 50.8 Å². The normalized spacial score (nSPS) is 18.0. The molecule has 1 fully saturated rings. The monoisotopic (exact) mass is 314 g/mol. The molecule has 1 saturated heterocycles. The zero-order chi connectivity index (χ0) is 16.1. The summed E-state index contributed by atoms with van der Waals surface area (Å²) >= 11 is 0. The van der Waals surface area contributed by atoms with Gasteiger partial charge in [-0.25, -0.2) is 9.97 Å². The Morgan fingerprint density at radius 2 is 2.00 bits per heavy atom. The highest BCUT2D eigenvalue weighted by atomic mass is 15.0. The third kappa shape index (κ3) is 4.11. The van der Waals surface area contributed by atoms with Crippen molar-refractivity contribution < 1.29 is 0 Å². The largest absolute Gasteiger partial charge is 0.383 e.